The predicted octanol–water partition coefficient (Wildman–Crippen LogP) is 0.925. The number of benzene rings is 1. The Morgan fingerprint density at radius 2 is 2.04 bits per heavy atom. The molecule has 0 aliphatic carbocycles. The maximum absolute atomic E-state index is 12.9. The molecule has 2 aliphatic heterocycles. The van der Waals surface area contributed by atoms with E-state index >= 15 is 0 Å². The van der Waals surface area contributed by atoms with Gasteiger partial charge in [-0.2, -0.15) is 5.10 Å². The lowest BCUT2D eigenvalue weighted by Gasteiger charge is -2.27. The summed E-state index contributed by atoms with van der Waals surface area (Å²) in [4.78, 5) is 50.0. The molecule has 27 heavy (non-hydrogen) atoms. The number of piperidine rings is 1. The third-order valence-corrected chi connectivity index (χ3v) is 4.94. The van der Waals surface area contributed by atoms with Crippen molar-refractivity contribution in [2.24, 2.45) is 0 Å². The molecule has 1 N–H and O–H groups in total. The minimum absolute atomic E-state index is 0.0688. The van der Waals surface area contributed by atoms with Crippen molar-refractivity contribution >= 4 is 46.2 Å². The molecule has 0 bridgehead atoms. The minimum Gasteiger partial charge on any atom is -0.470 e. The predicted molar refractivity (Wildman–Crippen MR) is 98.7 cm³/mol. The first-order valence-corrected chi connectivity index (χ1v) is 9.19. The average molecular weight is 480 g/mol. The summed E-state index contributed by atoms with van der Waals surface area (Å²) < 4.78 is 8.18. The maximum atomic E-state index is 12.9. The molecule has 1 aromatic carbocycles. The Morgan fingerprint density at radius 3 is 2.74 bits per heavy atom. The number of hydrogen-bond acceptors (Lipinski definition) is 6. The number of nitrogens with one attached hydrogen (secondary N) is 1. The van der Waals surface area contributed by atoms with Gasteiger partial charge in [0.05, 0.1) is 20.9 Å². The summed E-state index contributed by atoms with van der Waals surface area (Å²) in [5.74, 6) is -1.98. The van der Waals surface area contributed by atoms with Crippen molar-refractivity contribution in [3.8, 4) is 5.75 Å². The lowest BCUT2D eigenvalue weighted by atomic mass is 10.0. The second-order valence-corrected chi connectivity index (χ2v) is 7.34. The van der Waals surface area contributed by atoms with Crippen LogP contribution in [0.3, 0.4) is 0 Å². The van der Waals surface area contributed by atoms with E-state index in [0.29, 0.717) is 0 Å². The summed E-state index contributed by atoms with van der Waals surface area (Å²) in [6.07, 6.45) is 3.62. The van der Waals surface area contributed by atoms with Gasteiger partial charge in [0.2, 0.25) is 11.8 Å². The number of fused-ring (bicyclic) bond motifs is 1. The Balaban J connectivity index is 1.61. The molecule has 138 valence electrons. The van der Waals surface area contributed by atoms with E-state index in [1.165, 1.54) is 6.07 Å². The van der Waals surface area contributed by atoms with Crippen molar-refractivity contribution in [1.29, 1.82) is 0 Å². The summed E-state index contributed by atoms with van der Waals surface area (Å²) in [6, 6.07) is 3.72. The highest BCUT2D eigenvalue weighted by Gasteiger charge is 2.45. The SMILES string of the molecule is O=C1CCC(N2C(=O)c3cccc(OCn4cc(I)cn4)c3C2=O)C(=O)N1. The molecule has 3 heterocycles. The van der Waals surface area contributed by atoms with Gasteiger partial charge in [-0.15, -0.1) is 0 Å². The summed E-state index contributed by atoms with van der Waals surface area (Å²) in [7, 11) is 0. The molecule has 4 rings (SSSR count). The van der Waals surface area contributed by atoms with Crippen LogP contribution in [-0.4, -0.2) is 44.4 Å². The first kappa shape index (κ1) is 17.6. The number of ether oxygens (including phenoxy) is 1. The van der Waals surface area contributed by atoms with E-state index in [0.717, 1.165) is 8.47 Å². The lowest BCUT2D eigenvalue weighted by molar-refractivity contribution is -0.136. The summed E-state index contributed by atoms with van der Waals surface area (Å²) >= 11 is 2.11. The Labute approximate surface area is 166 Å². The second-order valence-electron chi connectivity index (χ2n) is 6.10. The topological polar surface area (TPSA) is 111 Å². The van der Waals surface area contributed by atoms with Gasteiger partial charge >= 0.3 is 0 Å². The largest absolute Gasteiger partial charge is 0.470 e. The number of imide groups is 2. The van der Waals surface area contributed by atoms with Crippen LogP contribution >= 0.6 is 22.6 Å². The molecule has 1 aromatic heterocycles. The fraction of sp³-hybridized carbons (Fsp3) is 0.235. The monoisotopic (exact) mass is 480 g/mol. The van der Waals surface area contributed by atoms with Crippen LogP contribution in [-0.2, 0) is 16.3 Å². The first-order chi connectivity index (χ1) is 13.0. The standard InChI is InChI=1S/C17H13IN4O5/c18-9-6-19-21(7-9)8-27-12-3-1-2-10-14(12)17(26)22(16(10)25)11-4-5-13(23)20-15(11)24/h1-3,6-7,11H,4-5,8H2,(H,20,23,24). The van der Waals surface area contributed by atoms with Crippen molar-refractivity contribution in [2.45, 2.75) is 25.6 Å². The molecule has 0 radical (unpaired) electrons. The summed E-state index contributed by atoms with van der Waals surface area (Å²) in [6.45, 7) is 0.0688. The van der Waals surface area contributed by atoms with Crippen molar-refractivity contribution in [2.75, 3.05) is 0 Å². The second kappa shape index (κ2) is 6.76. The van der Waals surface area contributed by atoms with Crippen LogP contribution in [0.15, 0.2) is 30.6 Å². The molecule has 10 heteroatoms. The minimum atomic E-state index is -1.00. The first-order valence-electron chi connectivity index (χ1n) is 8.11. The van der Waals surface area contributed by atoms with Crippen molar-refractivity contribution in [3.63, 3.8) is 0 Å². The number of aromatic nitrogens is 2. The number of amides is 4. The van der Waals surface area contributed by atoms with E-state index in [1.807, 2.05) is 0 Å². The summed E-state index contributed by atoms with van der Waals surface area (Å²) in [5, 5.41) is 6.27. The normalized spacial score (nSPS) is 19.3. The quantitative estimate of drug-likeness (QED) is 0.515. The van der Waals surface area contributed by atoms with Gasteiger partial charge in [0.25, 0.3) is 11.8 Å². The number of nitrogens with zero attached hydrogens (tertiary/aromatic N) is 3. The Bertz CT molecular complexity index is 985. The van der Waals surface area contributed by atoms with Crippen LogP contribution in [0, 0.1) is 3.57 Å². The highest BCUT2D eigenvalue weighted by molar-refractivity contribution is 14.1. The van der Waals surface area contributed by atoms with Crippen LogP contribution in [0.4, 0.5) is 0 Å². The summed E-state index contributed by atoms with van der Waals surface area (Å²) in [5.41, 5.74) is 0.297. The Kier molecular flexibility index (Phi) is 4.42. The van der Waals surface area contributed by atoms with Gasteiger partial charge in [-0.25, -0.2) is 4.68 Å². The fourth-order valence-corrected chi connectivity index (χ4v) is 3.59. The molecule has 2 aliphatic rings. The maximum Gasteiger partial charge on any atom is 0.266 e. The van der Waals surface area contributed by atoms with Crippen LogP contribution in [0.1, 0.15) is 33.6 Å². The lowest BCUT2D eigenvalue weighted by Crippen LogP contribution is -2.54. The van der Waals surface area contributed by atoms with E-state index in [9.17, 15) is 19.2 Å². The van der Waals surface area contributed by atoms with E-state index in [2.05, 4.69) is 33.0 Å². The number of hydrogen-bond donors (Lipinski definition) is 1. The van der Waals surface area contributed by atoms with E-state index in [4.69, 9.17) is 4.74 Å². The van der Waals surface area contributed by atoms with Crippen molar-refractivity contribution in [1.82, 2.24) is 20.0 Å². The van der Waals surface area contributed by atoms with Crippen molar-refractivity contribution in [3.05, 3.63) is 45.3 Å². The molecule has 0 spiro atoms. The fourth-order valence-electron chi connectivity index (χ4n) is 3.15. The highest BCUT2D eigenvalue weighted by atomic mass is 127. The van der Waals surface area contributed by atoms with Gasteiger partial charge in [-0.3, -0.25) is 29.4 Å². The van der Waals surface area contributed by atoms with E-state index in [-0.39, 0.29) is 36.4 Å². The molecule has 1 fully saturated rings. The molecule has 1 unspecified atom stereocenters. The highest BCUT2D eigenvalue weighted by Crippen LogP contribution is 2.33. The zero-order valence-corrected chi connectivity index (χ0v) is 16.0. The molecule has 0 saturated carbocycles. The molecule has 1 saturated heterocycles. The van der Waals surface area contributed by atoms with Gasteiger partial charge < -0.3 is 4.74 Å². The van der Waals surface area contributed by atoms with Crippen LogP contribution in [0.25, 0.3) is 0 Å². The number of carbonyl (C=O) groups excluding carboxylic acids is 4. The number of carbonyl (C=O) groups is 4. The number of rotatable bonds is 4. The molecular weight excluding hydrogens is 467 g/mol. The van der Waals surface area contributed by atoms with Gasteiger partial charge in [0, 0.05) is 12.6 Å². The zero-order chi connectivity index (χ0) is 19.1. The number of halogens is 1. The van der Waals surface area contributed by atoms with Crippen LogP contribution < -0.4 is 10.1 Å². The third kappa shape index (κ3) is 3.09. The molecule has 4 amide bonds. The Hall–Kier alpha value is -2.76. The van der Waals surface area contributed by atoms with Crippen LogP contribution in [0.2, 0.25) is 0 Å². The molecule has 1 atom stereocenters. The van der Waals surface area contributed by atoms with Crippen molar-refractivity contribution < 1.29 is 23.9 Å². The molecule has 9 nitrogen and oxygen atoms in total. The smallest absolute Gasteiger partial charge is 0.266 e. The van der Waals surface area contributed by atoms with E-state index < -0.39 is 29.7 Å². The Morgan fingerprint density at radius 1 is 1.22 bits per heavy atom. The van der Waals surface area contributed by atoms with Gasteiger partial charge in [-0.05, 0) is 41.1 Å². The average Bonchev–Trinajstić information content (AvgIpc) is 3.16. The molecular formula is C17H13IN4O5. The zero-order valence-electron chi connectivity index (χ0n) is 13.8. The van der Waals surface area contributed by atoms with E-state index in [1.54, 1.807) is 29.2 Å². The van der Waals surface area contributed by atoms with Crippen LogP contribution in [0.5, 0.6) is 5.75 Å². The van der Waals surface area contributed by atoms with Gasteiger partial charge in [0.15, 0.2) is 6.73 Å². The third-order valence-electron chi connectivity index (χ3n) is 4.38. The van der Waals surface area contributed by atoms with Gasteiger partial charge in [0.1, 0.15) is 11.8 Å². The molecule has 2 aromatic rings. The van der Waals surface area contributed by atoms with Gasteiger partial charge in [-0.1, -0.05) is 6.07 Å².